The Kier molecular flexibility index (Phi) is 6.56. The van der Waals surface area contributed by atoms with Crippen LogP contribution in [0.1, 0.15) is 35.3 Å². The van der Waals surface area contributed by atoms with E-state index in [9.17, 15) is 4.79 Å². The molecule has 6 heteroatoms. The molecule has 2 N–H and O–H groups in total. The zero-order valence-electron chi connectivity index (χ0n) is 14.6. The van der Waals surface area contributed by atoms with Crippen molar-refractivity contribution in [2.75, 3.05) is 5.32 Å². The van der Waals surface area contributed by atoms with Crippen molar-refractivity contribution in [3.63, 3.8) is 0 Å². The Morgan fingerprint density at radius 2 is 1.88 bits per heavy atom. The number of ether oxygens (including phenoxy) is 1. The molecule has 0 radical (unpaired) electrons. The molecule has 0 saturated carbocycles. The number of rotatable bonds is 4. The van der Waals surface area contributed by atoms with Gasteiger partial charge in [-0.3, -0.25) is 10.1 Å². The molecule has 4 nitrogen and oxygen atoms in total. The Morgan fingerprint density at radius 3 is 2.48 bits per heavy atom. The topological polar surface area (TPSA) is 50.4 Å². The lowest BCUT2D eigenvalue weighted by molar-refractivity contribution is 0.0977. The van der Waals surface area contributed by atoms with Crippen LogP contribution >= 0.6 is 28.1 Å². The molecule has 0 aliphatic carbocycles. The normalized spacial score (nSPS) is 10.5. The first-order valence-electron chi connectivity index (χ1n) is 7.92. The summed E-state index contributed by atoms with van der Waals surface area (Å²) >= 11 is 8.67. The van der Waals surface area contributed by atoms with Crippen LogP contribution in [0.15, 0.2) is 40.9 Å². The minimum atomic E-state index is -0.279. The monoisotopic (exact) mass is 420 g/mol. The summed E-state index contributed by atoms with van der Waals surface area (Å²) in [6, 6.07) is 11.2. The minimum Gasteiger partial charge on any atom is -0.490 e. The van der Waals surface area contributed by atoms with Gasteiger partial charge in [-0.1, -0.05) is 17.7 Å². The van der Waals surface area contributed by atoms with E-state index in [0.29, 0.717) is 11.3 Å². The van der Waals surface area contributed by atoms with Crippen molar-refractivity contribution < 1.29 is 9.53 Å². The smallest absolute Gasteiger partial charge is 0.257 e. The van der Waals surface area contributed by atoms with Gasteiger partial charge >= 0.3 is 0 Å². The number of anilines is 1. The van der Waals surface area contributed by atoms with E-state index in [-0.39, 0.29) is 17.1 Å². The maximum atomic E-state index is 12.4. The molecule has 25 heavy (non-hydrogen) atoms. The van der Waals surface area contributed by atoms with E-state index in [4.69, 9.17) is 17.0 Å². The molecule has 0 saturated heterocycles. The molecule has 0 fully saturated rings. The molecule has 1 amide bonds. The Bertz CT molecular complexity index is 806. The van der Waals surface area contributed by atoms with Crippen molar-refractivity contribution in [3.05, 3.63) is 57.6 Å². The molecule has 0 heterocycles. The fraction of sp³-hybridized carbons (Fsp3) is 0.263. The molecule has 0 aromatic heterocycles. The molecular weight excluding hydrogens is 400 g/mol. The number of carbonyl (C=O) groups is 1. The standard InChI is InChI=1S/C19H21BrN2O2S/c1-11(2)24-17-8-6-14(10-15(17)20)18(23)22-19(25)21-16-7-5-12(3)9-13(16)4/h5-11H,1-4H3,(H2,21,22,23,25). The second-order valence-electron chi connectivity index (χ2n) is 6.04. The fourth-order valence-corrected chi connectivity index (χ4v) is 2.95. The van der Waals surface area contributed by atoms with Crippen LogP contribution in [0.5, 0.6) is 5.75 Å². The third-order valence-electron chi connectivity index (χ3n) is 3.41. The van der Waals surface area contributed by atoms with Gasteiger partial charge < -0.3 is 10.1 Å². The summed E-state index contributed by atoms with van der Waals surface area (Å²) in [6.07, 6.45) is 0.0607. The fourth-order valence-electron chi connectivity index (χ4n) is 2.27. The molecular formula is C19H21BrN2O2S. The molecule has 0 aliphatic heterocycles. The summed E-state index contributed by atoms with van der Waals surface area (Å²) in [7, 11) is 0. The zero-order valence-corrected chi connectivity index (χ0v) is 17.0. The number of carbonyl (C=O) groups excluding carboxylic acids is 1. The third-order valence-corrected chi connectivity index (χ3v) is 4.24. The summed E-state index contributed by atoms with van der Waals surface area (Å²) in [4.78, 5) is 12.4. The highest BCUT2D eigenvalue weighted by Gasteiger charge is 2.12. The second kappa shape index (κ2) is 8.45. The van der Waals surface area contributed by atoms with Crippen LogP contribution in [0, 0.1) is 13.8 Å². The van der Waals surface area contributed by atoms with E-state index in [2.05, 4.69) is 32.6 Å². The first-order valence-corrected chi connectivity index (χ1v) is 9.12. The van der Waals surface area contributed by atoms with Crippen LogP contribution < -0.4 is 15.4 Å². The van der Waals surface area contributed by atoms with Crippen molar-refractivity contribution in [3.8, 4) is 5.75 Å². The van der Waals surface area contributed by atoms with E-state index in [1.54, 1.807) is 18.2 Å². The van der Waals surface area contributed by atoms with Crippen molar-refractivity contribution in [1.82, 2.24) is 5.32 Å². The van der Waals surface area contributed by atoms with Crippen LogP contribution in [0.4, 0.5) is 5.69 Å². The third kappa shape index (κ3) is 5.54. The number of hydrogen-bond donors (Lipinski definition) is 2. The number of thiocarbonyl (C=S) groups is 1. The van der Waals surface area contributed by atoms with E-state index >= 15 is 0 Å². The first kappa shape index (κ1) is 19.4. The molecule has 2 aromatic rings. The predicted molar refractivity (Wildman–Crippen MR) is 110 cm³/mol. The van der Waals surface area contributed by atoms with Crippen LogP contribution in [0.3, 0.4) is 0 Å². The molecule has 0 spiro atoms. The number of hydrogen-bond acceptors (Lipinski definition) is 3. The van der Waals surface area contributed by atoms with Gasteiger partial charge in [0.25, 0.3) is 5.91 Å². The molecule has 2 rings (SSSR count). The zero-order chi connectivity index (χ0) is 18.6. The van der Waals surface area contributed by atoms with Gasteiger partial charge in [0.2, 0.25) is 0 Å². The highest BCUT2D eigenvalue weighted by Crippen LogP contribution is 2.27. The van der Waals surface area contributed by atoms with Gasteiger partial charge in [0.15, 0.2) is 5.11 Å². The van der Waals surface area contributed by atoms with Crippen molar-refractivity contribution in [2.24, 2.45) is 0 Å². The van der Waals surface area contributed by atoms with E-state index < -0.39 is 0 Å². The Balaban J connectivity index is 2.03. The number of benzene rings is 2. The highest BCUT2D eigenvalue weighted by molar-refractivity contribution is 9.10. The van der Waals surface area contributed by atoms with Crippen LogP contribution in [-0.2, 0) is 0 Å². The highest BCUT2D eigenvalue weighted by atomic mass is 79.9. The van der Waals surface area contributed by atoms with Gasteiger partial charge in [0.1, 0.15) is 5.75 Å². The predicted octanol–water partition coefficient (Wildman–Crippen LogP) is 4.98. The summed E-state index contributed by atoms with van der Waals surface area (Å²) in [5.74, 6) is 0.418. The molecule has 2 aromatic carbocycles. The number of nitrogens with one attached hydrogen (secondary N) is 2. The summed E-state index contributed by atoms with van der Waals surface area (Å²) < 4.78 is 6.37. The summed E-state index contributed by atoms with van der Waals surface area (Å²) in [6.45, 7) is 7.92. The Labute approximate surface area is 162 Å². The maximum absolute atomic E-state index is 12.4. The van der Waals surface area contributed by atoms with Gasteiger partial charge in [0.05, 0.1) is 10.6 Å². The minimum absolute atomic E-state index is 0.0607. The Morgan fingerprint density at radius 1 is 1.16 bits per heavy atom. The maximum Gasteiger partial charge on any atom is 0.257 e. The molecule has 132 valence electrons. The molecule has 0 atom stereocenters. The first-order chi connectivity index (χ1) is 11.8. The molecule has 0 unspecified atom stereocenters. The molecule has 0 bridgehead atoms. The number of aryl methyl sites for hydroxylation is 2. The number of amides is 1. The summed E-state index contributed by atoms with van der Waals surface area (Å²) in [5.41, 5.74) is 3.60. The lowest BCUT2D eigenvalue weighted by Crippen LogP contribution is -2.34. The molecule has 0 aliphatic rings. The van der Waals surface area contributed by atoms with Crippen LogP contribution in [0.2, 0.25) is 0 Å². The average molecular weight is 421 g/mol. The largest absolute Gasteiger partial charge is 0.490 e. The van der Waals surface area contributed by atoms with Crippen molar-refractivity contribution in [1.29, 1.82) is 0 Å². The van der Waals surface area contributed by atoms with Gasteiger partial charge in [-0.25, -0.2) is 0 Å². The van der Waals surface area contributed by atoms with Crippen molar-refractivity contribution in [2.45, 2.75) is 33.8 Å². The van der Waals surface area contributed by atoms with Gasteiger partial charge in [-0.15, -0.1) is 0 Å². The van der Waals surface area contributed by atoms with Gasteiger partial charge in [0, 0.05) is 11.3 Å². The number of halogens is 1. The summed E-state index contributed by atoms with van der Waals surface area (Å²) in [5, 5.41) is 6.01. The quantitative estimate of drug-likeness (QED) is 0.684. The van der Waals surface area contributed by atoms with Gasteiger partial charge in [-0.2, -0.15) is 0 Å². The van der Waals surface area contributed by atoms with Crippen molar-refractivity contribution >= 4 is 44.9 Å². The van der Waals surface area contributed by atoms with E-state index in [1.165, 1.54) is 5.56 Å². The second-order valence-corrected chi connectivity index (χ2v) is 7.30. The van der Waals surface area contributed by atoms with E-state index in [0.717, 1.165) is 15.7 Å². The SMILES string of the molecule is Cc1ccc(NC(=S)NC(=O)c2ccc(OC(C)C)c(Br)c2)c(C)c1. The Hall–Kier alpha value is -1.92. The lowest BCUT2D eigenvalue weighted by atomic mass is 10.1. The average Bonchev–Trinajstić information content (AvgIpc) is 2.51. The lowest BCUT2D eigenvalue weighted by Gasteiger charge is -2.14. The van der Waals surface area contributed by atoms with Crippen LogP contribution in [-0.4, -0.2) is 17.1 Å². The van der Waals surface area contributed by atoms with Crippen LogP contribution in [0.25, 0.3) is 0 Å². The van der Waals surface area contributed by atoms with Gasteiger partial charge in [-0.05, 0) is 85.7 Å². The van der Waals surface area contributed by atoms with E-state index in [1.807, 2.05) is 39.8 Å².